The Morgan fingerprint density at radius 3 is 2.61 bits per heavy atom. The molecule has 3 nitrogen and oxygen atoms in total. The minimum atomic E-state index is -0.279. The number of thiazole rings is 1. The van der Waals surface area contributed by atoms with Gasteiger partial charge in [-0.3, -0.25) is 0 Å². The fourth-order valence-corrected chi connectivity index (χ4v) is 6.06. The van der Waals surface area contributed by atoms with Crippen molar-refractivity contribution in [3.05, 3.63) is 63.3 Å². The van der Waals surface area contributed by atoms with Crippen molar-refractivity contribution in [1.29, 1.82) is 0 Å². The topological polar surface area (TPSA) is 30.2 Å². The zero-order chi connectivity index (χ0) is 19.5. The Balaban J connectivity index is 1.60. The number of rotatable bonds is 6. The van der Waals surface area contributed by atoms with Crippen LogP contribution in [0.25, 0.3) is 32.1 Å². The maximum atomic E-state index is 11.7. The van der Waals surface area contributed by atoms with E-state index in [1.54, 1.807) is 11.3 Å². The molecule has 0 spiro atoms. The van der Waals surface area contributed by atoms with E-state index < -0.39 is 0 Å². The molecule has 0 aliphatic carbocycles. The van der Waals surface area contributed by atoms with Crippen LogP contribution in [0.4, 0.5) is 0 Å². The molecule has 28 heavy (non-hydrogen) atoms. The third-order valence-corrected chi connectivity index (χ3v) is 7.78. The molecule has 0 aliphatic heterocycles. The molecule has 3 aromatic heterocycles. The Bertz CT molecular complexity index is 1150. The number of methoxy groups -OCH3 is 1. The average molecular weight is 427 g/mol. The van der Waals surface area contributed by atoms with Gasteiger partial charge in [-0.05, 0) is 36.4 Å². The maximum Gasteiger partial charge on any atom is 0.348 e. The summed E-state index contributed by atoms with van der Waals surface area (Å²) in [6.07, 6.45) is 5.50. The van der Waals surface area contributed by atoms with Crippen molar-refractivity contribution < 1.29 is 14.1 Å². The molecular weight excluding hydrogens is 406 g/mol. The van der Waals surface area contributed by atoms with Crippen LogP contribution in [0.2, 0.25) is 0 Å². The van der Waals surface area contributed by atoms with Crippen molar-refractivity contribution >= 4 is 62.3 Å². The van der Waals surface area contributed by atoms with E-state index in [-0.39, 0.29) is 5.97 Å². The van der Waals surface area contributed by atoms with Crippen molar-refractivity contribution in [2.75, 3.05) is 7.11 Å². The van der Waals surface area contributed by atoms with E-state index in [0.717, 1.165) is 22.7 Å². The number of hydrogen-bond acceptors (Lipinski definition) is 5. The number of aryl methyl sites for hydroxylation is 1. The number of thiophene rings is 2. The molecule has 142 valence electrons. The Morgan fingerprint density at radius 2 is 1.79 bits per heavy atom. The summed E-state index contributed by atoms with van der Waals surface area (Å²) in [5.74, 6) is -0.279. The largest absolute Gasteiger partial charge is 0.465 e. The van der Waals surface area contributed by atoms with Gasteiger partial charge in [-0.1, -0.05) is 30.4 Å². The quantitative estimate of drug-likeness (QED) is 0.266. The molecule has 0 bridgehead atoms. The van der Waals surface area contributed by atoms with Gasteiger partial charge >= 0.3 is 5.97 Å². The van der Waals surface area contributed by atoms with E-state index in [1.807, 2.05) is 23.5 Å². The third-order valence-electron chi connectivity index (χ3n) is 4.34. The van der Waals surface area contributed by atoms with E-state index in [9.17, 15) is 4.79 Å². The summed E-state index contributed by atoms with van der Waals surface area (Å²) in [4.78, 5) is 15.7. The molecular formula is C22H20NO2S3+. The van der Waals surface area contributed by atoms with Gasteiger partial charge in [0.05, 0.1) is 7.11 Å². The van der Waals surface area contributed by atoms with Gasteiger partial charge < -0.3 is 4.74 Å². The van der Waals surface area contributed by atoms with Crippen LogP contribution in [0.1, 0.15) is 32.9 Å². The van der Waals surface area contributed by atoms with E-state index in [0.29, 0.717) is 4.88 Å². The van der Waals surface area contributed by atoms with Crippen molar-refractivity contribution in [1.82, 2.24) is 0 Å². The second-order valence-corrected chi connectivity index (χ2v) is 9.51. The lowest BCUT2D eigenvalue weighted by atomic mass is 10.3. The number of hydrogen-bond donors (Lipinski definition) is 0. The first-order valence-electron chi connectivity index (χ1n) is 9.07. The number of carbonyl (C=O) groups excluding carboxylic acids is 1. The highest BCUT2D eigenvalue weighted by molar-refractivity contribution is 7.23. The minimum Gasteiger partial charge on any atom is -0.465 e. The molecule has 0 N–H and O–H groups in total. The number of nitrogens with zero attached hydrogens (tertiary/aromatic N) is 1. The first-order valence-corrected chi connectivity index (χ1v) is 11.5. The van der Waals surface area contributed by atoms with Crippen molar-refractivity contribution in [3.63, 3.8) is 0 Å². The number of esters is 1. The standard InChI is InChI=1S/C22H20NO2S3/c1-3-14-23-16-6-4-5-7-17(16)28-21(23)13-9-15-8-10-18(26-15)19-11-12-20(27-19)22(24)25-2/h4-13H,3,14H2,1-2H3/q+1/b13-9+. The average Bonchev–Trinajstić information content (AvgIpc) is 3.45. The van der Waals surface area contributed by atoms with Crippen molar-refractivity contribution in [2.24, 2.45) is 0 Å². The van der Waals surface area contributed by atoms with Gasteiger partial charge in [-0.2, -0.15) is 4.57 Å². The lowest BCUT2D eigenvalue weighted by molar-refractivity contribution is -0.668. The number of carbonyl (C=O) groups is 1. The Kier molecular flexibility index (Phi) is 5.71. The molecule has 0 saturated heterocycles. The SMILES string of the molecule is CCC[n+]1c(/C=C/c2ccc(-c3ccc(C(=O)OC)s3)s2)sc2ccccc21. The number of benzene rings is 1. The molecule has 6 heteroatoms. The second kappa shape index (κ2) is 8.39. The summed E-state index contributed by atoms with van der Waals surface area (Å²) in [7, 11) is 1.41. The monoisotopic (exact) mass is 426 g/mol. The smallest absolute Gasteiger partial charge is 0.348 e. The van der Waals surface area contributed by atoms with E-state index >= 15 is 0 Å². The molecule has 0 saturated carbocycles. The minimum absolute atomic E-state index is 0.279. The molecule has 0 atom stereocenters. The number of para-hydroxylation sites is 1. The van der Waals surface area contributed by atoms with Gasteiger partial charge in [-0.15, -0.1) is 22.7 Å². The first kappa shape index (κ1) is 19.1. The summed E-state index contributed by atoms with van der Waals surface area (Å²) in [5.41, 5.74) is 1.30. The molecule has 4 aromatic rings. The summed E-state index contributed by atoms with van der Waals surface area (Å²) < 4.78 is 8.51. The molecule has 4 rings (SSSR count). The normalized spacial score (nSPS) is 11.5. The van der Waals surface area contributed by atoms with Crippen LogP contribution in [-0.4, -0.2) is 13.1 Å². The van der Waals surface area contributed by atoms with Crippen LogP contribution in [-0.2, 0) is 11.3 Å². The Hall–Kier alpha value is -2.28. The summed E-state index contributed by atoms with van der Waals surface area (Å²) >= 11 is 5.03. The maximum absolute atomic E-state index is 11.7. The van der Waals surface area contributed by atoms with Gasteiger partial charge in [0, 0.05) is 33.2 Å². The van der Waals surface area contributed by atoms with E-state index in [1.165, 1.54) is 38.5 Å². The van der Waals surface area contributed by atoms with Gasteiger partial charge in [0.1, 0.15) is 16.1 Å². The lowest BCUT2D eigenvalue weighted by Crippen LogP contribution is -2.34. The van der Waals surface area contributed by atoms with Crippen molar-refractivity contribution in [2.45, 2.75) is 19.9 Å². The molecule has 1 aromatic carbocycles. The van der Waals surface area contributed by atoms with Gasteiger partial charge in [0.2, 0.25) is 5.52 Å². The van der Waals surface area contributed by atoms with Crippen LogP contribution in [0.3, 0.4) is 0 Å². The second-order valence-electron chi connectivity index (χ2n) is 6.25. The molecule has 0 unspecified atom stereocenters. The number of ether oxygens (including phenoxy) is 1. The van der Waals surface area contributed by atoms with Crippen LogP contribution in [0.5, 0.6) is 0 Å². The predicted octanol–water partition coefficient (Wildman–Crippen LogP) is 6.35. The van der Waals surface area contributed by atoms with E-state index in [4.69, 9.17) is 4.74 Å². The fraction of sp³-hybridized carbons (Fsp3) is 0.182. The van der Waals surface area contributed by atoms with Gasteiger partial charge in [0.15, 0.2) is 0 Å². The molecule has 3 heterocycles. The van der Waals surface area contributed by atoms with Crippen LogP contribution < -0.4 is 4.57 Å². The van der Waals surface area contributed by atoms with E-state index in [2.05, 4.69) is 60.0 Å². The van der Waals surface area contributed by atoms with Crippen LogP contribution in [0.15, 0.2) is 48.5 Å². The number of aromatic nitrogens is 1. The van der Waals surface area contributed by atoms with Gasteiger partial charge in [-0.25, -0.2) is 4.79 Å². The lowest BCUT2D eigenvalue weighted by Gasteiger charge is -1.93. The zero-order valence-electron chi connectivity index (χ0n) is 15.7. The highest BCUT2D eigenvalue weighted by Crippen LogP contribution is 2.34. The summed E-state index contributed by atoms with van der Waals surface area (Å²) in [6.45, 7) is 3.23. The summed E-state index contributed by atoms with van der Waals surface area (Å²) in [5, 5.41) is 1.27. The van der Waals surface area contributed by atoms with Crippen molar-refractivity contribution in [3.8, 4) is 9.75 Å². The molecule has 0 aliphatic rings. The number of fused-ring (bicyclic) bond motifs is 1. The first-order chi connectivity index (χ1) is 13.7. The Labute approximate surface area is 176 Å². The van der Waals surface area contributed by atoms with Gasteiger partial charge in [0.25, 0.3) is 5.01 Å². The molecule has 0 radical (unpaired) electrons. The molecule has 0 amide bonds. The Morgan fingerprint density at radius 1 is 1.00 bits per heavy atom. The summed E-state index contributed by atoms with van der Waals surface area (Å²) in [6, 6.07) is 16.6. The zero-order valence-corrected chi connectivity index (χ0v) is 18.1. The highest BCUT2D eigenvalue weighted by atomic mass is 32.1. The van der Waals surface area contributed by atoms with Crippen LogP contribution in [0, 0.1) is 0 Å². The molecule has 0 fully saturated rings. The predicted molar refractivity (Wildman–Crippen MR) is 120 cm³/mol. The fourth-order valence-electron chi connectivity index (χ4n) is 3.04. The highest BCUT2D eigenvalue weighted by Gasteiger charge is 2.17. The third kappa shape index (κ3) is 3.81. The van der Waals surface area contributed by atoms with Crippen LogP contribution >= 0.6 is 34.0 Å².